The van der Waals surface area contributed by atoms with E-state index in [2.05, 4.69) is 0 Å². The third-order valence-corrected chi connectivity index (χ3v) is 7.36. The van der Waals surface area contributed by atoms with Gasteiger partial charge in [-0.1, -0.05) is 36.4 Å². The van der Waals surface area contributed by atoms with Crippen LogP contribution in [0.4, 0.5) is 5.69 Å². The Hall–Kier alpha value is -2.89. The van der Waals surface area contributed by atoms with Gasteiger partial charge in [0, 0.05) is 50.4 Å². The van der Waals surface area contributed by atoms with Crippen molar-refractivity contribution in [2.24, 2.45) is 11.8 Å². The lowest BCUT2D eigenvalue weighted by molar-refractivity contribution is -0.143. The van der Waals surface area contributed by atoms with Crippen LogP contribution in [-0.4, -0.2) is 60.2 Å². The van der Waals surface area contributed by atoms with E-state index in [4.69, 9.17) is 0 Å². The van der Waals surface area contributed by atoms with Gasteiger partial charge in [0.1, 0.15) is 0 Å². The average Bonchev–Trinajstić information content (AvgIpc) is 3.24. The summed E-state index contributed by atoms with van der Waals surface area (Å²) < 4.78 is 0. The Morgan fingerprint density at radius 1 is 0.750 bits per heavy atom. The Labute approximate surface area is 189 Å². The standard InChI is InChI=1S/C26H31N3O3/c30-24-17-21(18-29(24)23-10-6-8-19-7-2-3-9-22(19)23)26(32)28-15-11-20(12-16-28)25(31)27-13-4-1-5-14-27/h2-3,6-10,20-21H,1,4-5,11-18H2. The number of likely N-dealkylation sites (tertiary alicyclic amines) is 2. The highest BCUT2D eigenvalue weighted by Crippen LogP contribution is 2.33. The molecule has 0 aliphatic carbocycles. The molecule has 2 aromatic carbocycles. The molecule has 1 atom stereocenters. The fraction of sp³-hybridized carbons (Fsp3) is 0.500. The average molecular weight is 434 g/mol. The normalized spacial score (nSPS) is 22.6. The van der Waals surface area contributed by atoms with Crippen LogP contribution in [0.2, 0.25) is 0 Å². The van der Waals surface area contributed by atoms with E-state index in [0.717, 1.165) is 55.2 Å². The number of carbonyl (C=O) groups excluding carboxylic acids is 3. The summed E-state index contributed by atoms with van der Waals surface area (Å²) in [5.41, 5.74) is 0.884. The molecule has 2 aromatic rings. The van der Waals surface area contributed by atoms with Crippen LogP contribution in [0, 0.1) is 11.8 Å². The maximum atomic E-state index is 13.2. The Morgan fingerprint density at radius 3 is 2.19 bits per heavy atom. The maximum Gasteiger partial charge on any atom is 0.228 e. The first kappa shape index (κ1) is 21.0. The summed E-state index contributed by atoms with van der Waals surface area (Å²) in [4.78, 5) is 44.5. The molecule has 0 saturated carbocycles. The van der Waals surface area contributed by atoms with Crippen molar-refractivity contribution >= 4 is 34.2 Å². The number of carbonyl (C=O) groups is 3. The van der Waals surface area contributed by atoms with Crippen LogP contribution in [0.5, 0.6) is 0 Å². The molecule has 5 rings (SSSR count). The van der Waals surface area contributed by atoms with Crippen molar-refractivity contribution in [1.82, 2.24) is 9.80 Å². The van der Waals surface area contributed by atoms with Gasteiger partial charge < -0.3 is 14.7 Å². The van der Waals surface area contributed by atoms with Gasteiger partial charge in [-0.05, 0) is 43.6 Å². The molecule has 3 fully saturated rings. The molecular formula is C26H31N3O3. The SMILES string of the molecule is O=C(C1CCN(C(=O)C2CC(=O)N(c3cccc4ccccc34)C2)CC1)N1CCCCC1. The highest BCUT2D eigenvalue weighted by Gasteiger charge is 2.39. The minimum atomic E-state index is -0.309. The lowest BCUT2D eigenvalue weighted by atomic mass is 9.93. The quantitative estimate of drug-likeness (QED) is 0.745. The summed E-state index contributed by atoms with van der Waals surface area (Å²) in [6, 6.07) is 14.0. The monoisotopic (exact) mass is 433 g/mol. The molecule has 3 aliphatic rings. The Kier molecular flexibility index (Phi) is 5.85. The predicted molar refractivity (Wildman–Crippen MR) is 124 cm³/mol. The summed E-state index contributed by atoms with van der Waals surface area (Å²) in [5.74, 6) is 0.0696. The first-order valence-corrected chi connectivity index (χ1v) is 12.0. The Morgan fingerprint density at radius 2 is 1.41 bits per heavy atom. The molecule has 0 bridgehead atoms. The molecule has 3 aliphatic heterocycles. The second-order valence-corrected chi connectivity index (χ2v) is 9.39. The van der Waals surface area contributed by atoms with Crippen LogP contribution in [0.25, 0.3) is 10.8 Å². The molecule has 6 heteroatoms. The zero-order chi connectivity index (χ0) is 22.1. The summed E-state index contributed by atoms with van der Waals surface area (Å²) >= 11 is 0. The molecule has 3 amide bonds. The lowest BCUT2D eigenvalue weighted by Gasteiger charge is -2.36. The fourth-order valence-corrected chi connectivity index (χ4v) is 5.53. The van der Waals surface area contributed by atoms with Gasteiger partial charge in [-0.3, -0.25) is 14.4 Å². The van der Waals surface area contributed by atoms with E-state index < -0.39 is 0 Å². The number of piperidine rings is 2. The topological polar surface area (TPSA) is 60.9 Å². The van der Waals surface area contributed by atoms with Crippen LogP contribution in [0.3, 0.4) is 0 Å². The molecule has 0 N–H and O–H groups in total. The zero-order valence-electron chi connectivity index (χ0n) is 18.5. The van der Waals surface area contributed by atoms with Gasteiger partial charge in [0.15, 0.2) is 0 Å². The summed E-state index contributed by atoms with van der Waals surface area (Å²) in [6.07, 6.45) is 5.14. The van der Waals surface area contributed by atoms with E-state index in [0.29, 0.717) is 19.6 Å². The van der Waals surface area contributed by atoms with Crippen LogP contribution < -0.4 is 4.90 Å². The van der Waals surface area contributed by atoms with Crippen molar-refractivity contribution in [2.75, 3.05) is 37.6 Å². The zero-order valence-corrected chi connectivity index (χ0v) is 18.5. The maximum absolute atomic E-state index is 13.2. The number of fused-ring (bicyclic) bond motifs is 1. The van der Waals surface area contributed by atoms with E-state index in [9.17, 15) is 14.4 Å². The van der Waals surface area contributed by atoms with Crippen molar-refractivity contribution in [3.63, 3.8) is 0 Å². The number of benzene rings is 2. The van der Waals surface area contributed by atoms with Crippen LogP contribution in [0.1, 0.15) is 38.5 Å². The first-order valence-electron chi connectivity index (χ1n) is 12.0. The van der Waals surface area contributed by atoms with E-state index in [1.54, 1.807) is 4.90 Å². The number of rotatable bonds is 3. The van der Waals surface area contributed by atoms with Gasteiger partial charge in [0.25, 0.3) is 0 Å². The van der Waals surface area contributed by atoms with Crippen molar-refractivity contribution in [2.45, 2.75) is 38.5 Å². The number of amides is 3. The molecule has 3 heterocycles. The number of hydrogen-bond acceptors (Lipinski definition) is 3. The van der Waals surface area contributed by atoms with Gasteiger partial charge in [0.2, 0.25) is 17.7 Å². The summed E-state index contributed by atoms with van der Waals surface area (Å²) in [5, 5.41) is 2.13. The van der Waals surface area contributed by atoms with Crippen LogP contribution in [-0.2, 0) is 14.4 Å². The number of hydrogen-bond donors (Lipinski definition) is 0. The lowest BCUT2D eigenvalue weighted by Crippen LogP contribution is -2.47. The van der Waals surface area contributed by atoms with Crippen molar-refractivity contribution in [3.05, 3.63) is 42.5 Å². The summed E-state index contributed by atoms with van der Waals surface area (Å²) in [6.45, 7) is 3.42. The predicted octanol–water partition coefficient (Wildman–Crippen LogP) is 3.44. The van der Waals surface area contributed by atoms with Crippen molar-refractivity contribution in [3.8, 4) is 0 Å². The molecule has 168 valence electrons. The molecule has 0 aromatic heterocycles. The molecule has 0 radical (unpaired) electrons. The Bertz CT molecular complexity index is 1020. The molecule has 3 saturated heterocycles. The van der Waals surface area contributed by atoms with Gasteiger partial charge in [-0.15, -0.1) is 0 Å². The van der Waals surface area contributed by atoms with Crippen LogP contribution >= 0.6 is 0 Å². The largest absolute Gasteiger partial charge is 0.342 e. The summed E-state index contributed by atoms with van der Waals surface area (Å²) in [7, 11) is 0. The van der Waals surface area contributed by atoms with E-state index >= 15 is 0 Å². The highest BCUT2D eigenvalue weighted by molar-refractivity contribution is 6.07. The van der Waals surface area contributed by atoms with Crippen molar-refractivity contribution < 1.29 is 14.4 Å². The van der Waals surface area contributed by atoms with Gasteiger partial charge in [-0.2, -0.15) is 0 Å². The third-order valence-electron chi connectivity index (χ3n) is 7.36. The van der Waals surface area contributed by atoms with Crippen molar-refractivity contribution in [1.29, 1.82) is 0 Å². The van der Waals surface area contributed by atoms with E-state index in [1.807, 2.05) is 52.3 Å². The van der Waals surface area contributed by atoms with E-state index in [-0.39, 0.29) is 36.0 Å². The highest BCUT2D eigenvalue weighted by atomic mass is 16.2. The van der Waals surface area contributed by atoms with E-state index in [1.165, 1.54) is 6.42 Å². The molecule has 6 nitrogen and oxygen atoms in total. The molecular weight excluding hydrogens is 402 g/mol. The first-order chi connectivity index (χ1) is 15.6. The van der Waals surface area contributed by atoms with Crippen LogP contribution in [0.15, 0.2) is 42.5 Å². The molecule has 32 heavy (non-hydrogen) atoms. The number of anilines is 1. The smallest absolute Gasteiger partial charge is 0.228 e. The van der Waals surface area contributed by atoms with Gasteiger partial charge >= 0.3 is 0 Å². The van der Waals surface area contributed by atoms with Gasteiger partial charge in [0.05, 0.1) is 11.6 Å². The van der Waals surface area contributed by atoms with Gasteiger partial charge in [-0.25, -0.2) is 0 Å². The second kappa shape index (κ2) is 8.93. The second-order valence-electron chi connectivity index (χ2n) is 9.39. The molecule has 0 spiro atoms. The third kappa shape index (κ3) is 3.98. The molecule has 1 unspecified atom stereocenters. The fourth-order valence-electron chi connectivity index (χ4n) is 5.53. The number of nitrogens with zero attached hydrogens (tertiary/aromatic N) is 3. The Balaban J connectivity index is 1.21. The minimum Gasteiger partial charge on any atom is -0.342 e. The minimum absolute atomic E-state index is 0.00913.